The minimum atomic E-state index is -1.18. The molecule has 1 heterocycles. The molecule has 0 saturated heterocycles. The lowest BCUT2D eigenvalue weighted by Gasteiger charge is -2.45. The maximum atomic E-state index is 11.6. The van der Waals surface area contributed by atoms with E-state index in [1.165, 1.54) is 24.8 Å². The van der Waals surface area contributed by atoms with Crippen LogP contribution in [0.3, 0.4) is 0 Å². The van der Waals surface area contributed by atoms with E-state index in [4.69, 9.17) is 28.6 Å². The van der Waals surface area contributed by atoms with Crippen LogP contribution in [0.1, 0.15) is 20.3 Å². The zero-order valence-electron chi connectivity index (χ0n) is 17.1. The molecule has 2 aliphatic rings. The lowest BCUT2D eigenvalue weighted by Crippen LogP contribution is -2.55. The van der Waals surface area contributed by atoms with Gasteiger partial charge in [0, 0.05) is 35.6 Å². The van der Waals surface area contributed by atoms with Crippen LogP contribution in [0.4, 0.5) is 5.69 Å². The van der Waals surface area contributed by atoms with E-state index in [-0.39, 0.29) is 34.4 Å². The highest BCUT2D eigenvalue weighted by atomic mass is 35.5. The number of anilines is 1. The topological polar surface area (TPSA) is 138 Å². The summed E-state index contributed by atoms with van der Waals surface area (Å²) >= 11 is 13.5. The molecule has 8 nitrogen and oxygen atoms in total. The van der Waals surface area contributed by atoms with Gasteiger partial charge in [-0.1, -0.05) is 23.2 Å². The Bertz CT molecular complexity index is 1110. The molecule has 0 fully saturated rings. The quantitative estimate of drug-likeness (QED) is 0.470. The number of halogens is 2. The van der Waals surface area contributed by atoms with Crippen LogP contribution < -0.4 is 10.2 Å². The third-order valence-corrected chi connectivity index (χ3v) is 7.78. The van der Waals surface area contributed by atoms with Gasteiger partial charge < -0.3 is 20.4 Å². The first-order valence-electron chi connectivity index (χ1n) is 9.50. The van der Waals surface area contributed by atoms with Crippen molar-refractivity contribution in [3.05, 3.63) is 51.2 Å². The van der Waals surface area contributed by atoms with Crippen molar-refractivity contribution in [1.82, 2.24) is 5.32 Å². The standard InChI is InChI=1S/C21H20Cl2N4O4S/c1-10(28)26-17(20(30)31)9-32-18-7-12(29)6-14-13(8-24)19(25)27(21(14,18)2)11-3-4-15(22)16(23)5-11/h3-6,17-18,25,29H,7,9H2,1-2H3,(H,26,28)(H,30,31)/t17-,18?,21?/m0/s1. The van der Waals surface area contributed by atoms with Crippen LogP contribution in [0.5, 0.6) is 0 Å². The molecule has 1 aromatic carbocycles. The lowest BCUT2D eigenvalue weighted by molar-refractivity contribution is -0.140. The van der Waals surface area contributed by atoms with Crippen molar-refractivity contribution in [3.63, 3.8) is 0 Å². The molecule has 3 atom stereocenters. The molecule has 0 bridgehead atoms. The van der Waals surface area contributed by atoms with Gasteiger partial charge in [0.25, 0.3) is 0 Å². The highest BCUT2D eigenvalue weighted by Crippen LogP contribution is 2.50. The van der Waals surface area contributed by atoms with Gasteiger partial charge in [-0.2, -0.15) is 17.0 Å². The number of aliphatic hydroxyl groups is 1. The number of allylic oxidation sites excluding steroid dienone is 1. The number of benzene rings is 1. The molecule has 11 heteroatoms. The summed E-state index contributed by atoms with van der Waals surface area (Å²) in [4.78, 5) is 24.6. The number of fused-ring (bicyclic) bond motifs is 1. The van der Waals surface area contributed by atoms with Gasteiger partial charge in [0.1, 0.15) is 23.5 Å². The van der Waals surface area contributed by atoms with Crippen LogP contribution in [-0.4, -0.2) is 50.5 Å². The van der Waals surface area contributed by atoms with Crippen LogP contribution in [0, 0.1) is 16.7 Å². The van der Waals surface area contributed by atoms with Gasteiger partial charge in [0.05, 0.1) is 21.3 Å². The first-order valence-corrected chi connectivity index (χ1v) is 11.3. The minimum Gasteiger partial charge on any atom is -0.512 e. The highest BCUT2D eigenvalue weighted by molar-refractivity contribution is 8.00. The van der Waals surface area contributed by atoms with Crippen molar-refractivity contribution in [3.8, 4) is 6.07 Å². The molecule has 0 radical (unpaired) electrons. The third-order valence-electron chi connectivity index (χ3n) is 5.48. The second kappa shape index (κ2) is 9.06. The summed E-state index contributed by atoms with van der Waals surface area (Å²) < 4.78 is 0. The first-order chi connectivity index (χ1) is 15.0. The van der Waals surface area contributed by atoms with Crippen LogP contribution in [0.15, 0.2) is 41.2 Å². The maximum absolute atomic E-state index is 11.6. The summed E-state index contributed by atoms with van der Waals surface area (Å²) in [7, 11) is 0. The third kappa shape index (κ3) is 4.18. The van der Waals surface area contributed by atoms with Gasteiger partial charge in [-0.25, -0.2) is 4.79 Å². The Morgan fingerprint density at radius 3 is 2.69 bits per heavy atom. The van der Waals surface area contributed by atoms with E-state index in [0.29, 0.717) is 16.3 Å². The number of carbonyl (C=O) groups excluding carboxylic acids is 1. The number of carboxylic acid groups (broad SMARTS) is 1. The van der Waals surface area contributed by atoms with Gasteiger partial charge in [0.2, 0.25) is 5.91 Å². The van der Waals surface area contributed by atoms with Crippen molar-refractivity contribution in [2.24, 2.45) is 0 Å². The summed E-state index contributed by atoms with van der Waals surface area (Å²) in [6.07, 6.45) is 1.67. The van der Waals surface area contributed by atoms with E-state index < -0.39 is 28.7 Å². The number of amides is 1. The number of rotatable bonds is 6. The molecule has 0 spiro atoms. The van der Waals surface area contributed by atoms with Gasteiger partial charge >= 0.3 is 5.97 Å². The number of nitriles is 1. The summed E-state index contributed by atoms with van der Waals surface area (Å²) in [5.74, 6) is -1.65. The molecular formula is C21H20Cl2N4O4S. The second-order valence-electron chi connectivity index (χ2n) is 7.58. The number of aliphatic hydroxyl groups excluding tert-OH is 1. The Morgan fingerprint density at radius 1 is 1.44 bits per heavy atom. The average Bonchev–Trinajstić information content (AvgIpc) is 2.93. The predicted octanol–water partition coefficient (Wildman–Crippen LogP) is 3.91. The van der Waals surface area contributed by atoms with Crippen molar-refractivity contribution in [1.29, 1.82) is 10.7 Å². The number of amidine groups is 1. The normalized spacial score (nSPS) is 23.3. The molecule has 168 valence electrons. The largest absolute Gasteiger partial charge is 0.512 e. The molecular weight excluding hydrogens is 475 g/mol. The Morgan fingerprint density at radius 2 is 2.12 bits per heavy atom. The number of hydrogen-bond acceptors (Lipinski definition) is 6. The van der Waals surface area contributed by atoms with Crippen LogP contribution >= 0.6 is 35.0 Å². The van der Waals surface area contributed by atoms with Gasteiger partial charge in [-0.3, -0.25) is 10.2 Å². The maximum Gasteiger partial charge on any atom is 0.327 e. The van der Waals surface area contributed by atoms with E-state index in [2.05, 4.69) is 11.4 Å². The number of carbonyl (C=O) groups is 2. The monoisotopic (exact) mass is 494 g/mol. The van der Waals surface area contributed by atoms with E-state index in [1.54, 1.807) is 23.1 Å². The molecule has 1 aliphatic carbocycles. The molecule has 0 saturated carbocycles. The van der Waals surface area contributed by atoms with Gasteiger partial charge in [-0.15, -0.1) is 0 Å². The minimum absolute atomic E-state index is 0.0258. The summed E-state index contributed by atoms with van der Waals surface area (Å²) in [5, 5.41) is 40.8. The summed E-state index contributed by atoms with van der Waals surface area (Å²) in [5.41, 5.74) is 0.137. The predicted molar refractivity (Wildman–Crippen MR) is 125 cm³/mol. The highest BCUT2D eigenvalue weighted by Gasteiger charge is 2.54. The average molecular weight is 495 g/mol. The fraction of sp³-hybridized carbons (Fsp3) is 0.333. The fourth-order valence-corrected chi connectivity index (χ4v) is 5.77. The number of hydrogen-bond donors (Lipinski definition) is 4. The van der Waals surface area contributed by atoms with Crippen molar-refractivity contribution < 1.29 is 19.8 Å². The number of aliphatic carboxylic acids is 1. The van der Waals surface area contributed by atoms with E-state index in [9.17, 15) is 25.1 Å². The molecule has 3 rings (SSSR count). The SMILES string of the molecule is CC(=O)N[C@@H](CSC1CC(O)=CC2=C(C#N)C(=N)N(c3ccc(Cl)c(Cl)c3)C21C)C(=O)O. The molecule has 1 aromatic rings. The van der Waals surface area contributed by atoms with Crippen LogP contribution in [0.2, 0.25) is 10.0 Å². The molecule has 1 amide bonds. The fourth-order valence-electron chi connectivity index (χ4n) is 3.98. The lowest BCUT2D eigenvalue weighted by atomic mass is 9.81. The van der Waals surface area contributed by atoms with E-state index >= 15 is 0 Å². The Kier molecular flexibility index (Phi) is 6.79. The van der Waals surface area contributed by atoms with Crippen molar-refractivity contribution in [2.75, 3.05) is 10.7 Å². The van der Waals surface area contributed by atoms with Crippen LogP contribution in [-0.2, 0) is 9.59 Å². The Balaban J connectivity index is 2.06. The molecule has 0 aromatic heterocycles. The van der Waals surface area contributed by atoms with Gasteiger partial charge in [-0.05, 0) is 31.2 Å². The molecule has 32 heavy (non-hydrogen) atoms. The Hall–Kier alpha value is -2.67. The number of carboxylic acids is 1. The van der Waals surface area contributed by atoms with Gasteiger partial charge in [0.15, 0.2) is 0 Å². The van der Waals surface area contributed by atoms with Crippen LogP contribution in [0.25, 0.3) is 0 Å². The zero-order chi connectivity index (χ0) is 23.8. The molecule has 2 unspecified atom stereocenters. The Labute approximate surface area is 199 Å². The van der Waals surface area contributed by atoms with E-state index in [1.807, 2.05) is 6.92 Å². The zero-order valence-corrected chi connectivity index (χ0v) is 19.5. The number of nitrogens with zero attached hydrogens (tertiary/aromatic N) is 2. The first kappa shape index (κ1) is 24.0. The summed E-state index contributed by atoms with van der Waals surface area (Å²) in [6, 6.07) is 5.80. The van der Waals surface area contributed by atoms with Crippen molar-refractivity contribution >= 4 is 58.4 Å². The van der Waals surface area contributed by atoms with E-state index in [0.717, 1.165) is 0 Å². The molecule has 4 N–H and O–H groups in total. The number of nitrogens with one attached hydrogen (secondary N) is 2. The summed E-state index contributed by atoms with van der Waals surface area (Å²) in [6.45, 7) is 3.07. The van der Waals surface area contributed by atoms with Crippen molar-refractivity contribution in [2.45, 2.75) is 37.1 Å². The molecule has 1 aliphatic heterocycles. The smallest absolute Gasteiger partial charge is 0.327 e. The number of thioether (sulfide) groups is 1. The second-order valence-corrected chi connectivity index (χ2v) is 9.63.